The van der Waals surface area contributed by atoms with Crippen molar-refractivity contribution in [3.63, 3.8) is 0 Å². The third-order valence-electron chi connectivity index (χ3n) is 3.16. The van der Waals surface area contributed by atoms with Gasteiger partial charge in [-0.05, 0) is 25.0 Å². The number of hydrogen-bond acceptors (Lipinski definition) is 5. The summed E-state index contributed by atoms with van der Waals surface area (Å²) >= 11 is 1.10. The van der Waals surface area contributed by atoms with Gasteiger partial charge in [0.15, 0.2) is 0 Å². The fourth-order valence-electron chi connectivity index (χ4n) is 2.08. The smallest absolute Gasteiger partial charge is 0.344 e. The van der Waals surface area contributed by atoms with E-state index in [0.29, 0.717) is 17.7 Å². The molecule has 6 heteroatoms. The van der Waals surface area contributed by atoms with Gasteiger partial charge in [0.25, 0.3) is 0 Å². The Kier molecular flexibility index (Phi) is 6.37. The van der Waals surface area contributed by atoms with Crippen LogP contribution in [0.1, 0.15) is 32.3 Å². The number of carbonyl (C=O) groups excluding carboxylic acids is 2. The molecule has 5 nitrogen and oxygen atoms in total. The Balaban J connectivity index is 2.42. The maximum absolute atomic E-state index is 12.1. The van der Waals surface area contributed by atoms with Crippen molar-refractivity contribution < 1.29 is 19.4 Å². The molecule has 1 heterocycles. The first kappa shape index (κ1) is 18.0. The zero-order chi connectivity index (χ0) is 17.5. The molecule has 1 aliphatic rings. The highest BCUT2D eigenvalue weighted by molar-refractivity contribution is 8.18. The van der Waals surface area contributed by atoms with Crippen LogP contribution in [-0.4, -0.2) is 28.6 Å². The molecule has 1 aromatic rings. The van der Waals surface area contributed by atoms with Gasteiger partial charge in [0.2, 0.25) is 5.91 Å². The first-order valence-electron chi connectivity index (χ1n) is 7.74. The van der Waals surface area contributed by atoms with Crippen molar-refractivity contribution in [2.24, 2.45) is 4.99 Å². The number of rotatable bonds is 5. The summed E-state index contributed by atoms with van der Waals surface area (Å²) in [4.78, 5) is 28.4. The number of aliphatic imine (C=N–C) groups is 1. The van der Waals surface area contributed by atoms with Crippen LogP contribution in [0.5, 0.6) is 0 Å². The molecule has 0 saturated carbocycles. The van der Waals surface area contributed by atoms with E-state index in [1.54, 1.807) is 13.0 Å². The van der Waals surface area contributed by atoms with Gasteiger partial charge in [0, 0.05) is 6.42 Å². The Morgan fingerprint density at radius 3 is 2.58 bits per heavy atom. The third-order valence-corrected chi connectivity index (χ3v) is 4.18. The summed E-state index contributed by atoms with van der Waals surface area (Å²) in [6.07, 6.45) is 2.70. The molecule has 126 valence electrons. The largest absolute Gasteiger partial charge is 0.506 e. The molecule has 0 radical (unpaired) electrons. The zero-order valence-corrected chi connectivity index (χ0v) is 14.4. The fourth-order valence-corrected chi connectivity index (χ4v) is 3.11. The second kappa shape index (κ2) is 8.49. The molecule has 0 aliphatic carbocycles. The lowest BCUT2D eigenvalue weighted by molar-refractivity contribution is -0.138. The molecule has 0 atom stereocenters. The minimum absolute atomic E-state index is 0.0477. The molecule has 1 aliphatic heterocycles. The van der Waals surface area contributed by atoms with Crippen LogP contribution in [0.15, 0.2) is 51.6 Å². The van der Waals surface area contributed by atoms with Gasteiger partial charge in [0.05, 0.1) is 11.5 Å². The molecular weight excluding hydrogens is 326 g/mol. The number of thioether (sulfide) groups is 1. The summed E-state index contributed by atoms with van der Waals surface area (Å²) in [5, 5.41) is 10.6. The zero-order valence-electron chi connectivity index (χ0n) is 13.6. The van der Waals surface area contributed by atoms with Crippen molar-refractivity contribution in [3.8, 4) is 0 Å². The highest BCUT2D eigenvalue weighted by Crippen LogP contribution is 2.39. The fraction of sp³-hybridized carbons (Fsp3) is 0.278. The van der Waals surface area contributed by atoms with Gasteiger partial charge in [-0.3, -0.25) is 4.79 Å². The lowest BCUT2D eigenvalue weighted by Gasteiger charge is -2.03. The van der Waals surface area contributed by atoms with Crippen LogP contribution in [0.2, 0.25) is 0 Å². The molecule has 24 heavy (non-hydrogen) atoms. The van der Waals surface area contributed by atoms with Crippen molar-refractivity contribution in [2.45, 2.75) is 26.7 Å². The highest BCUT2D eigenvalue weighted by atomic mass is 32.2. The Morgan fingerprint density at radius 2 is 1.96 bits per heavy atom. The molecule has 2 rings (SSSR count). The Hall–Kier alpha value is -2.34. The van der Waals surface area contributed by atoms with E-state index in [9.17, 15) is 14.7 Å². The van der Waals surface area contributed by atoms with Crippen LogP contribution in [0.25, 0.3) is 6.08 Å². The van der Waals surface area contributed by atoms with E-state index >= 15 is 0 Å². The number of esters is 1. The molecule has 1 amide bonds. The van der Waals surface area contributed by atoms with Gasteiger partial charge in [-0.15, -0.1) is 0 Å². The average molecular weight is 345 g/mol. The van der Waals surface area contributed by atoms with Crippen LogP contribution in [0.3, 0.4) is 0 Å². The topological polar surface area (TPSA) is 76.0 Å². The summed E-state index contributed by atoms with van der Waals surface area (Å²) in [5.74, 6) is -1.21. The third kappa shape index (κ3) is 4.35. The summed E-state index contributed by atoms with van der Waals surface area (Å²) in [6.45, 7) is 3.73. The minimum atomic E-state index is -0.679. The van der Waals surface area contributed by atoms with E-state index in [4.69, 9.17) is 4.74 Å². The maximum atomic E-state index is 12.1. The molecule has 0 saturated heterocycles. The molecule has 1 aromatic carbocycles. The summed E-state index contributed by atoms with van der Waals surface area (Å²) < 4.78 is 4.98. The van der Waals surface area contributed by atoms with Crippen molar-refractivity contribution >= 4 is 34.8 Å². The van der Waals surface area contributed by atoms with Crippen molar-refractivity contribution in [2.75, 3.05) is 6.61 Å². The second-order valence-corrected chi connectivity index (χ2v) is 6.06. The summed E-state index contributed by atoms with van der Waals surface area (Å²) in [6, 6.07) is 9.39. The number of amides is 1. The van der Waals surface area contributed by atoms with Gasteiger partial charge in [-0.25, -0.2) is 9.79 Å². The average Bonchev–Trinajstić information content (AvgIpc) is 2.84. The van der Waals surface area contributed by atoms with Gasteiger partial charge in [-0.1, -0.05) is 49.0 Å². The molecular formula is C18H19NO4S. The Morgan fingerprint density at radius 1 is 1.25 bits per heavy atom. The van der Waals surface area contributed by atoms with E-state index in [-0.39, 0.29) is 28.9 Å². The van der Waals surface area contributed by atoms with Crippen LogP contribution in [0.4, 0.5) is 0 Å². The normalized spacial score (nSPS) is 17.6. The molecule has 0 spiro atoms. The number of aliphatic hydroxyl groups excluding tert-OH is 1. The molecule has 1 N–H and O–H groups in total. The molecule has 0 fully saturated rings. The molecule has 0 unspecified atom stereocenters. The van der Waals surface area contributed by atoms with E-state index in [1.807, 2.05) is 37.3 Å². The SMILES string of the molecule is CCCC(=O)N=C1S/C(=C\c2ccccc2)C(O)=C1C(=O)OCC. The number of ether oxygens (including phenoxy) is 1. The first-order chi connectivity index (χ1) is 11.6. The maximum Gasteiger partial charge on any atom is 0.344 e. The number of benzene rings is 1. The predicted molar refractivity (Wildman–Crippen MR) is 95.6 cm³/mol. The van der Waals surface area contributed by atoms with Crippen LogP contribution in [-0.2, 0) is 14.3 Å². The number of nitrogens with zero attached hydrogens (tertiary/aromatic N) is 1. The van der Waals surface area contributed by atoms with Crippen molar-refractivity contribution in [1.82, 2.24) is 0 Å². The monoisotopic (exact) mass is 345 g/mol. The summed E-state index contributed by atoms with van der Waals surface area (Å²) in [5.41, 5.74) is 0.823. The lowest BCUT2D eigenvalue weighted by atomic mass is 10.1. The van der Waals surface area contributed by atoms with E-state index in [1.165, 1.54) is 0 Å². The van der Waals surface area contributed by atoms with Gasteiger partial charge in [0.1, 0.15) is 16.4 Å². The van der Waals surface area contributed by atoms with Crippen LogP contribution in [0, 0.1) is 0 Å². The van der Waals surface area contributed by atoms with Gasteiger partial charge in [-0.2, -0.15) is 0 Å². The highest BCUT2D eigenvalue weighted by Gasteiger charge is 2.33. The van der Waals surface area contributed by atoms with E-state index in [2.05, 4.69) is 4.99 Å². The lowest BCUT2D eigenvalue weighted by Crippen LogP contribution is -2.14. The van der Waals surface area contributed by atoms with Gasteiger partial charge < -0.3 is 9.84 Å². The molecule has 0 bridgehead atoms. The van der Waals surface area contributed by atoms with Crippen molar-refractivity contribution in [3.05, 3.63) is 52.1 Å². The minimum Gasteiger partial charge on any atom is -0.506 e. The first-order valence-corrected chi connectivity index (χ1v) is 8.55. The van der Waals surface area contributed by atoms with E-state index in [0.717, 1.165) is 17.3 Å². The van der Waals surface area contributed by atoms with E-state index < -0.39 is 5.97 Å². The van der Waals surface area contributed by atoms with Crippen LogP contribution < -0.4 is 0 Å². The van der Waals surface area contributed by atoms with Gasteiger partial charge >= 0.3 is 5.97 Å². The Labute approximate surface area is 145 Å². The van der Waals surface area contributed by atoms with Crippen molar-refractivity contribution in [1.29, 1.82) is 0 Å². The second-order valence-electron chi connectivity index (χ2n) is 5.03. The van der Waals surface area contributed by atoms with Crippen LogP contribution >= 0.6 is 11.8 Å². The number of carbonyl (C=O) groups is 2. The number of aliphatic hydroxyl groups is 1. The molecule has 0 aromatic heterocycles. The Bertz CT molecular complexity index is 720. The number of hydrogen-bond donors (Lipinski definition) is 1. The standard InChI is InChI=1S/C18H19NO4S/c1-3-8-14(20)19-17-15(18(22)23-4-2)16(21)13(24-17)11-12-9-6-5-7-10-12/h5-7,9-11,21H,3-4,8H2,1-2H3/b13-11-,19-17?. The predicted octanol–water partition coefficient (Wildman–Crippen LogP) is 3.87. The summed E-state index contributed by atoms with van der Waals surface area (Å²) in [7, 11) is 0. The quantitative estimate of drug-likeness (QED) is 0.820.